The molecule has 1 aliphatic heterocycles. The number of rotatable bonds is 5. The number of fused-ring (bicyclic) bond motifs is 1. The van der Waals surface area contributed by atoms with Gasteiger partial charge >= 0.3 is 0 Å². The Bertz CT molecular complexity index is 679. The summed E-state index contributed by atoms with van der Waals surface area (Å²) >= 11 is 0. The fourth-order valence-electron chi connectivity index (χ4n) is 2.82. The van der Waals surface area contributed by atoms with E-state index < -0.39 is 0 Å². The van der Waals surface area contributed by atoms with E-state index in [1.807, 2.05) is 29.2 Å². The quantitative estimate of drug-likeness (QED) is 0.915. The van der Waals surface area contributed by atoms with Crippen LogP contribution in [0.15, 0.2) is 42.6 Å². The lowest BCUT2D eigenvalue weighted by Gasteiger charge is -2.17. The van der Waals surface area contributed by atoms with Crippen LogP contribution < -0.4 is 10.2 Å². The number of carbonyl (C=O) groups is 1. The SMILES string of the molecule is CC(C)CCNc1ccc(C(=O)N2CCc3ccccc32)nc1. The highest BCUT2D eigenvalue weighted by molar-refractivity contribution is 6.06. The van der Waals surface area contributed by atoms with Crippen LogP contribution in [0, 0.1) is 5.92 Å². The Balaban J connectivity index is 1.67. The van der Waals surface area contributed by atoms with Crippen LogP contribution >= 0.6 is 0 Å². The van der Waals surface area contributed by atoms with Gasteiger partial charge in [0.15, 0.2) is 0 Å². The van der Waals surface area contributed by atoms with Gasteiger partial charge in [0.1, 0.15) is 5.69 Å². The van der Waals surface area contributed by atoms with Crippen LogP contribution in [-0.4, -0.2) is 24.0 Å². The summed E-state index contributed by atoms with van der Waals surface area (Å²) in [6, 6.07) is 11.8. The van der Waals surface area contributed by atoms with Crippen molar-refractivity contribution in [2.45, 2.75) is 26.7 Å². The summed E-state index contributed by atoms with van der Waals surface area (Å²) < 4.78 is 0. The van der Waals surface area contributed by atoms with Crippen LogP contribution in [0.5, 0.6) is 0 Å². The second-order valence-corrected chi connectivity index (χ2v) is 6.38. The highest BCUT2D eigenvalue weighted by atomic mass is 16.2. The largest absolute Gasteiger partial charge is 0.384 e. The molecule has 0 unspecified atom stereocenters. The zero-order valence-corrected chi connectivity index (χ0v) is 13.7. The zero-order chi connectivity index (χ0) is 16.2. The van der Waals surface area contributed by atoms with Crippen molar-refractivity contribution in [2.75, 3.05) is 23.3 Å². The Labute approximate surface area is 137 Å². The molecule has 0 spiro atoms. The van der Waals surface area contributed by atoms with E-state index in [1.165, 1.54) is 5.56 Å². The standard InChI is InChI=1S/C19H23N3O/c1-14(2)9-11-20-16-7-8-17(21-13-16)19(23)22-12-10-15-5-3-4-6-18(15)22/h3-8,13-14,20H,9-12H2,1-2H3. The molecule has 4 heteroatoms. The lowest BCUT2D eigenvalue weighted by Crippen LogP contribution is -2.29. The molecule has 1 amide bonds. The minimum Gasteiger partial charge on any atom is -0.384 e. The Morgan fingerprint density at radius 1 is 1.26 bits per heavy atom. The van der Waals surface area contributed by atoms with Gasteiger partial charge in [-0.15, -0.1) is 0 Å². The highest BCUT2D eigenvalue weighted by Crippen LogP contribution is 2.28. The van der Waals surface area contributed by atoms with Crippen molar-refractivity contribution in [1.29, 1.82) is 0 Å². The van der Waals surface area contributed by atoms with Gasteiger partial charge in [-0.05, 0) is 42.5 Å². The van der Waals surface area contributed by atoms with Gasteiger partial charge in [0.05, 0.1) is 11.9 Å². The van der Waals surface area contributed by atoms with E-state index >= 15 is 0 Å². The van der Waals surface area contributed by atoms with Gasteiger partial charge in [-0.2, -0.15) is 0 Å². The number of hydrogen-bond donors (Lipinski definition) is 1. The van der Waals surface area contributed by atoms with E-state index in [2.05, 4.69) is 30.2 Å². The van der Waals surface area contributed by atoms with Gasteiger partial charge < -0.3 is 10.2 Å². The van der Waals surface area contributed by atoms with Gasteiger partial charge in [0, 0.05) is 18.8 Å². The van der Waals surface area contributed by atoms with E-state index in [9.17, 15) is 4.79 Å². The molecule has 1 N–H and O–H groups in total. The van der Waals surface area contributed by atoms with Crippen LogP contribution in [0.2, 0.25) is 0 Å². The molecule has 1 aromatic carbocycles. The number of pyridine rings is 1. The summed E-state index contributed by atoms with van der Waals surface area (Å²) in [7, 11) is 0. The van der Waals surface area contributed by atoms with E-state index in [4.69, 9.17) is 0 Å². The number of carbonyl (C=O) groups excluding carboxylic acids is 1. The van der Waals surface area contributed by atoms with Gasteiger partial charge in [0.2, 0.25) is 0 Å². The maximum Gasteiger partial charge on any atom is 0.276 e. The van der Waals surface area contributed by atoms with Crippen LogP contribution in [0.3, 0.4) is 0 Å². The summed E-state index contributed by atoms with van der Waals surface area (Å²) in [5, 5.41) is 3.34. The molecule has 1 aromatic heterocycles. The zero-order valence-electron chi connectivity index (χ0n) is 13.7. The molecule has 0 fully saturated rings. The molecule has 0 atom stereocenters. The maximum atomic E-state index is 12.7. The summed E-state index contributed by atoms with van der Waals surface area (Å²) in [6.45, 7) is 6.06. The topological polar surface area (TPSA) is 45.2 Å². The van der Waals surface area contributed by atoms with E-state index in [0.29, 0.717) is 11.6 Å². The van der Waals surface area contributed by atoms with Crippen molar-refractivity contribution >= 4 is 17.3 Å². The Morgan fingerprint density at radius 2 is 2.09 bits per heavy atom. The maximum absolute atomic E-state index is 12.7. The number of aromatic nitrogens is 1. The number of amides is 1. The lowest BCUT2D eigenvalue weighted by atomic mass is 10.1. The minimum atomic E-state index is -0.0244. The Morgan fingerprint density at radius 3 is 2.83 bits per heavy atom. The number of anilines is 2. The molecule has 23 heavy (non-hydrogen) atoms. The molecule has 0 saturated carbocycles. The number of para-hydroxylation sites is 1. The number of hydrogen-bond acceptors (Lipinski definition) is 3. The summed E-state index contributed by atoms with van der Waals surface area (Å²) in [5.41, 5.74) is 3.70. The molecular formula is C19H23N3O. The third-order valence-corrected chi connectivity index (χ3v) is 4.17. The highest BCUT2D eigenvalue weighted by Gasteiger charge is 2.25. The minimum absolute atomic E-state index is 0.0244. The third-order valence-electron chi connectivity index (χ3n) is 4.17. The molecular weight excluding hydrogens is 286 g/mol. The predicted octanol–water partition coefficient (Wildman–Crippen LogP) is 3.74. The average molecular weight is 309 g/mol. The summed E-state index contributed by atoms with van der Waals surface area (Å²) in [4.78, 5) is 18.8. The fraction of sp³-hybridized carbons (Fsp3) is 0.368. The van der Waals surface area contributed by atoms with Gasteiger partial charge in [-0.3, -0.25) is 4.79 Å². The van der Waals surface area contributed by atoms with Crippen molar-refractivity contribution in [2.24, 2.45) is 5.92 Å². The van der Waals surface area contributed by atoms with Crippen molar-refractivity contribution in [3.8, 4) is 0 Å². The molecule has 4 nitrogen and oxygen atoms in total. The lowest BCUT2D eigenvalue weighted by molar-refractivity contribution is 0.0984. The first-order chi connectivity index (χ1) is 11.1. The molecule has 2 heterocycles. The third kappa shape index (κ3) is 3.52. The summed E-state index contributed by atoms with van der Waals surface area (Å²) in [5.74, 6) is 0.648. The van der Waals surface area contributed by atoms with Crippen LogP contribution in [-0.2, 0) is 6.42 Å². The van der Waals surface area contributed by atoms with E-state index in [1.54, 1.807) is 12.3 Å². The molecule has 3 rings (SSSR count). The second kappa shape index (κ2) is 6.82. The van der Waals surface area contributed by atoms with Crippen molar-refractivity contribution in [3.05, 3.63) is 53.9 Å². The average Bonchev–Trinajstić information content (AvgIpc) is 2.98. The smallest absolute Gasteiger partial charge is 0.276 e. The van der Waals surface area contributed by atoms with Crippen LogP contribution in [0.4, 0.5) is 11.4 Å². The fourth-order valence-corrected chi connectivity index (χ4v) is 2.82. The Hall–Kier alpha value is -2.36. The van der Waals surface area contributed by atoms with Crippen molar-refractivity contribution in [3.63, 3.8) is 0 Å². The number of nitrogens with zero attached hydrogens (tertiary/aromatic N) is 2. The molecule has 0 radical (unpaired) electrons. The van der Waals surface area contributed by atoms with Crippen LogP contribution in [0.1, 0.15) is 36.3 Å². The molecule has 1 aliphatic rings. The van der Waals surface area contributed by atoms with Crippen LogP contribution in [0.25, 0.3) is 0 Å². The summed E-state index contributed by atoms with van der Waals surface area (Å²) in [6.07, 6.45) is 3.78. The number of nitrogens with one attached hydrogen (secondary N) is 1. The molecule has 2 aromatic rings. The molecule has 0 saturated heterocycles. The first kappa shape index (κ1) is 15.5. The van der Waals surface area contributed by atoms with Gasteiger partial charge in [0.25, 0.3) is 5.91 Å². The van der Waals surface area contributed by atoms with Crippen molar-refractivity contribution in [1.82, 2.24) is 4.98 Å². The monoisotopic (exact) mass is 309 g/mol. The molecule has 120 valence electrons. The normalized spacial score (nSPS) is 13.3. The Kier molecular flexibility index (Phi) is 4.60. The van der Waals surface area contributed by atoms with E-state index in [-0.39, 0.29) is 5.91 Å². The predicted molar refractivity (Wildman–Crippen MR) is 94.0 cm³/mol. The van der Waals surface area contributed by atoms with Gasteiger partial charge in [-0.1, -0.05) is 32.0 Å². The van der Waals surface area contributed by atoms with Gasteiger partial charge in [-0.25, -0.2) is 4.98 Å². The first-order valence-corrected chi connectivity index (χ1v) is 8.25. The first-order valence-electron chi connectivity index (χ1n) is 8.25. The van der Waals surface area contributed by atoms with E-state index in [0.717, 1.165) is 37.3 Å². The molecule has 0 aliphatic carbocycles. The molecule has 0 bridgehead atoms. The second-order valence-electron chi connectivity index (χ2n) is 6.38. The van der Waals surface area contributed by atoms with Crippen molar-refractivity contribution < 1.29 is 4.79 Å². The number of benzene rings is 1.